The van der Waals surface area contributed by atoms with Crippen molar-refractivity contribution in [1.29, 1.82) is 0 Å². The van der Waals surface area contributed by atoms with E-state index in [0.717, 1.165) is 50.6 Å². The van der Waals surface area contributed by atoms with Crippen molar-refractivity contribution in [1.82, 2.24) is 9.80 Å². The lowest BCUT2D eigenvalue weighted by Crippen LogP contribution is -2.49. The number of rotatable bonds is 4. The normalized spacial score (nSPS) is 19.3. The largest absolute Gasteiger partial charge is 0.454 e. The first kappa shape index (κ1) is 15.2. The molecule has 2 heterocycles. The van der Waals surface area contributed by atoms with E-state index in [2.05, 4.69) is 24.0 Å². The summed E-state index contributed by atoms with van der Waals surface area (Å²) in [6.07, 6.45) is 0.913. The number of carbonyl (C=O) groups excluding carboxylic acids is 1. The maximum Gasteiger partial charge on any atom is 0.231 e. The van der Waals surface area contributed by atoms with Gasteiger partial charge in [0, 0.05) is 38.6 Å². The summed E-state index contributed by atoms with van der Waals surface area (Å²) < 4.78 is 10.8. The van der Waals surface area contributed by atoms with Crippen molar-refractivity contribution in [2.24, 2.45) is 5.92 Å². The van der Waals surface area contributed by atoms with Gasteiger partial charge < -0.3 is 14.4 Å². The first-order valence-electron chi connectivity index (χ1n) is 8.07. The molecular formula is C17H24N2O3. The number of piperazine rings is 1. The molecule has 0 radical (unpaired) electrons. The maximum atomic E-state index is 12.2. The maximum absolute atomic E-state index is 12.2. The van der Waals surface area contributed by atoms with Crippen molar-refractivity contribution >= 4 is 5.91 Å². The molecule has 22 heavy (non-hydrogen) atoms. The van der Waals surface area contributed by atoms with E-state index in [4.69, 9.17) is 9.47 Å². The zero-order valence-corrected chi connectivity index (χ0v) is 13.4. The quantitative estimate of drug-likeness (QED) is 0.854. The van der Waals surface area contributed by atoms with Crippen LogP contribution in [0, 0.1) is 5.92 Å². The molecule has 1 unspecified atom stereocenters. The Kier molecular flexibility index (Phi) is 4.52. The van der Waals surface area contributed by atoms with Crippen LogP contribution in [0.25, 0.3) is 0 Å². The summed E-state index contributed by atoms with van der Waals surface area (Å²) in [5, 5.41) is 0. The fraction of sp³-hybridized carbons (Fsp3) is 0.588. The molecule has 2 aliphatic rings. The number of ether oxygens (including phenoxy) is 2. The summed E-state index contributed by atoms with van der Waals surface area (Å²) in [6.45, 7) is 8.80. The Hall–Kier alpha value is -1.75. The van der Waals surface area contributed by atoms with E-state index in [1.54, 1.807) is 0 Å². The highest BCUT2D eigenvalue weighted by molar-refractivity contribution is 5.78. The van der Waals surface area contributed by atoms with Gasteiger partial charge >= 0.3 is 0 Å². The molecule has 0 aromatic heterocycles. The van der Waals surface area contributed by atoms with Crippen LogP contribution in [0.3, 0.4) is 0 Å². The van der Waals surface area contributed by atoms with Crippen LogP contribution in [0.5, 0.6) is 11.5 Å². The molecule has 5 heteroatoms. The molecule has 0 bridgehead atoms. The highest BCUT2D eigenvalue weighted by Crippen LogP contribution is 2.32. The molecule has 0 aliphatic carbocycles. The van der Waals surface area contributed by atoms with E-state index < -0.39 is 0 Å². The number of fused-ring (bicyclic) bond motifs is 1. The fourth-order valence-corrected chi connectivity index (χ4v) is 2.91. The smallest absolute Gasteiger partial charge is 0.231 e. The predicted molar refractivity (Wildman–Crippen MR) is 83.9 cm³/mol. The third-order valence-corrected chi connectivity index (χ3v) is 4.56. The first-order valence-corrected chi connectivity index (χ1v) is 8.07. The van der Waals surface area contributed by atoms with E-state index in [1.807, 2.05) is 17.9 Å². The molecule has 2 aliphatic heterocycles. The summed E-state index contributed by atoms with van der Waals surface area (Å²) in [5.41, 5.74) is 1.23. The van der Waals surface area contributed by atoms with Crippen LogP contribution in [0.1, 0.15) is 25.8 Å². The molecule has 3 rings (SSSR count). The van der Waals surface area contributed by atoms with Crippen LogP contribution in [0.4, 0.5) is 0 Å². The Morgan fingerprint density at radius 1 is 1.18 bits per heavy atom. The van der Waals surface area contributed by atoms with Crippen LogP contribution in [0.2, 0.25) is 0 Å². The number of hydrogen-bond acceptors (Lipinski definition) is 4. The van der Waals surface area contributed by atoms with Crippen molar-refractivity contribution in [2.45, 2.75) is 26.8 Å². The van der Waals surface area contributed by atoms with Gasteiger partial charge in [-0.15, -0.1) is 0 Å². The van der Waals surface area contributed by atoms with E-state index in [9.17, 15) is 4.79 Å². The van der Waals surface area contributed by atoms with E-state index in [1.165, 1.54) is 5.56 Å². The van der Waals surface area contributed by atoms with Crippen molar-refractivity contribution < 1.29 is 14.3 Å². The lowest BCUT2D eigenvalue weighted by atomic mass is 10.1. The SMILES string of the molecule is CCC(C)C(=O)N1CCN(Cc2ccc3c(c2)OCO3)CC1. The lowest BCUT2D eigenvalue weighted by Gasteiger charge is -2.36. The molecule has 0 spiro atoms. The van der Waals surface area contributed by atoms with Gasteiger partial charge in [-0.2, -0.15) is 0 Å². The topological polar surface area (TPSA) is 42.0 Å². The molecule has 1 aromatic carbocycles. The van der Waals surface area contributed by atoms with Gasteiger partial charge in [0.2, 0.25) is 12.7 Å². The van der Waals surface area contributed by atoms with Crippen molar-refractivity contribution in [3.05, 3.63) is 23.8 Å². The molecular weight excluding hydrogens is 280 g/mol. The van der Waals surface area contributed by atoms with Gasteiger partial charge in [0.05, 0.1) is 0 Å². The highest BCUT2D eigenvalue weighted by atomic mass is 16.7. The molecule has 1 saturated heterocycles. The van der Waals surface area contributed by atoms with Crippen molar-refractivity contribution in [3.63, 3.8) is 0 Å². The minimum atomic E-state index is 0.139. The van der Waals surface area contributed by atoms with Gasteiger partial charge in [0.1, 0.15) is 0 Å². The second kappa shape index (κ2) is 6.57. The number of benzene rings is 1. The number of carbonyl (C=O) groups is 1. The minimum Gasteiger partial charge on any atom is -0.454 e. The average Bonchev–Trinajstić information content (AvgIpc) is 3.02. The molecule has 1 aromatic rings. The van der Waals surface area contributed by atoms with E-state index in [-0.39, 0.29) is 5.92 Å². The Bertz CT molecular complexity index is 539. The standard InChI is InChI=1S/C17H24N2O3/c1-3-13(2)17(20)19-8-6-18(7-9-19)11-14-4-5-15-16(10-14)22-12-21-15/h4-5,10,13H,3,6-9,11-12H2,1-2H3. The number of hydrogen-bond donors (Lipinski definition) is 0. The zero-order valence-electron chi connectivity index (χ0n) is 13.4. The molecule has 0 saturated carbocycles. The van der Waals surface area contributed by atoms with Gasteiger partial charge in [-0.3, -0.25) is 9.69 Å². The van der Waals surface area contributed by atoms with Crippen molar-refractivity contribution in [2.75, 3.05) is 33.0 Å². The van der Waals surface area contributed by atoms with Gasteiger partial charge in [0.15, 0.2) is 11.5 Å². The van der Waals surface area contributed by atoms with Crippen LogP contribution in [0.15, 0.2) is 18.2 Å². The Morgan fingerprint density at radius 3 is 2.64 bits per heavy atom. The molecule has 1 atom stereocenters. The summed E-state index contributed by atoms with van der Waals surface area (Å²) >= 11 is 0. The Balaban J connectivity index is 1.53. The van der Waals surface area contributed by atoms with Gasteiger partial charge in [-0.05, 0) is 24.1 Å². The second-order valence-electron chi connectivity index (χ2n) is 6.10. The summed E-state index contributed by atoms with van der Waals surface area (Å²) in [6, 6.07) is 6.11. The summed E-state index contributed by atoms with van der Waals surface area (Å²) in [4.78, 5) is 16.6. The first-order chi connectivity index (χ1) is 10.7. The number of nitrogens with zero attached hydrogens (tertiary/aromatic N) is 2. The van der Waals surface area contributed by atoms with Crippen LogP contribution in [-0.2, 0) is 11.3 Å². The van der Waals surface area contributed by atoms with Gasteiger partial charge in [-0.25, -0.2) is 0 Å². The monoisotopic (exact) mass is 304 g/mol. The van der Waals surface area contributed by atoms with Crippen LogP contribution in [-0.4, -0.2) is 48.7 Å². The molecule has 5 nitrogen and oxygen atoms in total. The average molecular weight is 304 g/mol. The third-order valence-electron chi connectivity index (χ3n) is 4.56. The zero-order chi connectivity index (χ0) is 15.5. The predicted octanol–water partition coefficient (Wildman–Crippen LogP) is 2.11. The third kappa shape index (κ3) is 3.19. The van der Waals surface area contributed by atoms with Gasteiger partial charge in [0.25, 0.3) is 0 Å². The lowest BCUT2D eigenvalue weighted by molar-refractivity contribution is -0.136. The van der Waals surface area contributed by atoms with E-state index >= 15 is 0 Å². The van der Waals surface area contributed by atoms with Gasteiger partial charge in [-0.1, -0.05) is 19.9 Å². The molecule has 120 valence electrons. The van der Waals surface area contributed by atoms with Crippen LogP contribution >= 0.6 is 0 Å². The molecule has 1 fully saturated rings. The fourth-order valence-electron chi connectivity index (χ4n) is 2.91. The number of amides is 1. The summed E-state index contributed by atoms with van der Waals surface area (Å²) in [5.74, 6) is 2.10. The van der Waals surface area contributed by atoms with E-state index in [0.29, 0.717) is 12.7 Å². The minimum absolute atomic E-state index is 0.139. The second-order valence-corrected chi connectivity index (χ2v) is 6.10. The Labute approximate surface area is 131 Å². The highest BCUT2D eigenvalue weighted by Gasteiger charge is 2.24. The molecule has 0 N–H and O–H groups in total. The Morgan fingerprint density at radius 2 is 1.91 bits per heavy atom. The van der Waals surface area contributed by atoms with Crippen molar-refractivity contribution in [3.8, 4) is 11.5 Å². The summed E-state index contributed by atoms with van der Waals surface area (Å²) in [7, 11) is 0. The molecule has 1 amide bonds. The van der Waals surface area contributed by atoms with Crippen LogP contribution < -0.4 is 9.47 Å².